The fraction of sp³-hybridized carbons (Fsp3) is 0.360. The Morgan fingerprint density at radius 3 is 2.05 bits per heavy atom. The molecule has 3 aromatic rings. The van der Waals surface area contributed by atoms with Crippen LogP contribution in [-0.4, -0.2) is 36.3 Å². The Morgan fingerprint density at radius 1 is 0.892 bits per heavy atom. The van der Waals surface area contributed by atoms with E-state index in [1.807, 2.05) is 25.1 Å². The molecule has 2 aromatic carbocycles. The van der Waals surface area contributed by atoms with E-state index in [0.29, 0.717) is 30.8 Å². The average molecular weight is 589 g/mol. The molecule has 0 N–H and O–H groups in total. The van der Waals surface area contributed by atoms with Crippen molar-refractivity contribution in [3.63, 3.8) is 0 Å². The Kier molecular flexibility index (Phi) is 7.98. The third kappa shape index (κ3) is 6.92. The second-order valence-electron chi connectivity index (χ2n) is 8.70. The normalized spacial score (nSPS) is 14.6. The maximum atomic E-state index is 13.5. The standard InChI is InChI=1S/C25H23BrF6N4O/c1-16-2-3-22(35-4-6-37-7-5-35)18(8-16)15-36(23-33-12-21(26)13-34-23)14-17-9-19(24(27,28)29)11-20(10-17)25(30,31)32/h2-3,8-13H,4-7,14-15H2,1H3. The number of hydrogen-bond acceptors (Lipinski definition) is 5. The van der Waals surface area contributed by atoms with Gasteiger partial charge in [-0.25, -0.2) is 9.97 Å². The zero-order valence-electron chi connectivity index (χ0n) is 19.7. The molecule has 0 aliphatic carbocycles. The molecule has 1 aliphatic heterocycles. The lowest BCUT2D eigenvalue weighted by Crippen LogP contribution is -2.37. The van der Waals surface area contributed by atoms with Gasteiger partial charge in [0.25, 0.3) is 0 Å². The molecule has 1 saturated heterocycles. The molecule has 0 amide bonds. The summed E-state index contributed by atoms with van der Waals surface area (Å²) in [5, 5.41) is 0. The molecule has 37 heavy (non-hydrogen) atoms. The average Bonchev–Trinajstić information content (AvgIpc) is 2.83. The first-order chi connectivity index (χ1) is 17.4. The van der Waals surface area contributed by atoms with E-state index in [-0.39, 0.29) is 30.7 Å². The van der Waals surface area contributed by atoms with E-state index < -0.39 is 23.5 Å². The second-order valence-corrected chi connectivity index (χ2v) is 9.62. The Balaban J connectivity index is 1.75. The Morgan fingerprint density at radius 2 is 1.49 bits per heavy atom. The summed E-state index contributed by atoms with van der Waals surface area (Å²) in [5.74, 6) is 0.170. The number of nitrogens with zero attached hydrogens (tertiary/aromatic N) is 4. The summed E-state index contributed by atoms with van der Waals surface area (Å²) in [6.45, 7) is 4.23. The first-order valence-electron chi connectivity index (χ1n) is 11.3. The predicted octanol–water partition coefficient (Wildman–Crippen LogP) is 6.63. The van der Waals surface area contributed by atoms with E-state index in [0.717, 1.165) is 28.9 Å². The number of hydrogen-bond donors (Lipinski definition) is 0. The number of halogens is 7. The largest absolute Gasteiger partial charge is 0.416 e. The van der Waals surface area contributed by atoms with Crippen LogP contribution in [0.1, 0.15) is 27.8 Å². The predicted molar refractivity (Wildman–Crippen MR) is 130 cm³/mol. The second kappa shape index (κ2) is 10.9. The quantitative estimate of drug-likeness (QED) is 0.302. The summed E-state index contributed by atoms with van der Waals surface area (Å²) >= 11 is 3.25. The van der Waals surface area contributed by atoms with Gasteiger partial charge in [0.1, 0.15) is 0 Å². The third-order valence-corrected chi connectivity index (χ3v) is 6.27. The summed E-state index contributed by atoms with van der Waals surface area (Å²) in [6.07, 6.45) is -6.92. The maximum Gasteiger partial charge on any atom is 0.416 e. The molecule has 0 atom stereocenters. The lowest BCUT2D eigenvalue weighted by molar-refractivity contribution is -0.143. The number of aryl methyl sites for hydroxylation is 1. The number of benzene rings is 2. The fourth-order valence-electron chi connectivity index (χ4n) is 4.16. The van der Waals surface area contributed by atoms with Gasteiger partial charge in [0, 0.05) is 44.3 Å². The minimum atomic E-state index is -4.94. The van der Waals surface area contributed by atoms with Crippen LogP contribution in [0.3, 0.4) is 0 Å². The summed E-state index contributed by atoms with van der Waals surface area (Å²) in [7, 11) is 0. The number of anilines is 2. The SMILES string of the molecule is Cc1ccc(N2CCOCC2)c(CN(Cc2cc(C(F)(F)F)cc(C(F)(F)F)c2)c2ncc(Br)cn2)c1. The van der Waals surface area contributed by atoms with Crippen molar-refractivity contribution in [1.82, 2.24) is 9.97 Å². The highest BCUT2D eigenvalue weighted by Gasteiger charge is 2.37. The van der Waals surface area contributed by atoms with Crippen molar-refractivity contribution < 1.29 is 31.1 Å². The smallest absolute Gasteiger partial charge is 0.378 e. The van der Waals surface area contributed by atoms with Crippen molar-refractivity contribution in [3.8, 4) is 0 Å². The van der Waals surface area contributed by atoms with Crippen molar-refractivity contribution in [2.45, 2.75) is 32.4 Å². The summed E-state index contributed by atoms with van der Waals surface area (Å²) in [4.78, 5) is 12.2. The van der Waals surface area contributed by atoms with Gasteiger partial charge in [-0.05, 0) is 58.2 Å². The van der Waals surface area contributed by atoms with Crippen molar-refractivity contribution in [2.75, 3.05) is 36.1 Å². The Labute approximate surface area is 218 Å². The molecule has 1 aromatic heterocycles. The lowest BCUT2D eigenvalue weighted by Gasteiger charge is -2.32. The zero-order chi connectivity index (χ0) is 26.8. The summed E-state index contributed by atoms with van der Waals surface area (Å²) in [6, 6.07) is 7.46. The minimum absolute atomic E-state index is 0.126. The molecule has 0 bridgehead atoms. The van der Waals surface area contributed by atoms with Gasteiger partial charge in [-0.3, -0.25) is 0 Å². The monoisotopic (exact) mass is 588 g/mol. The van der Waals surface area contributed by atoms with E-state index in [1.165, 1.54) is 12.4 Å². The molecule has 0 unspecified atom stereocenters. The molecule has 0 spiro atoms. The van der Waals surface area contributed by atoms with Crippen LogP contribution in [0.15, 0.2) is 53.3 Å². The zero-order valence-corrected chi connectivity index (χ0v) is 21.3. The molecule has 1 aliphatic rings. The van der Waals surface area contributed by atoms with Crippen LogP contribution < -0.4 is 9.80 Å². The Hall–Kier alpha value is -2.86. The first kappa shape index (κ1) is 27.2. The number of rotatable bonds is 6. The highest BCUT2D eigenvalue weighted by Crippen LogP contribution is 2.37. The van der Waals surface area contributed by atoms with Crippen LogP contribution in [0.25, 0.3) is 0 Å². The van der Waals surface area contributed by atoms with Crippen LogP contribution in [0.5, 0.6) is 0 Å². The van der Waals surface area contributed by atoms with E-state index >= 15 is 0 Å². The third-order valence-electron chi connectivity index (χ3n) is 5.86. The van der Waals surface area contributed by atoms with Gasteiger partial charge >= 0.3 is 12.4 Å². The van der Waals surface area contributed by atoms with Gasteiger partial charge < -0.3 is 14.5 Å². The van der Waals surface area contributed by atoms with Gasteiger partial charge in [0.2, 0.25) is 5.95 Å². The van der Waals surface area contributed by atoms with Gasteiger partial charge in [-0.1, -0.05) is 17.7 Å². The summed E-state index contributed by atoms with van der Waals surface area (Å²) < 4.78 is 86.8. The number of morpholine rings is 1. The van der Waals surface area contributed by atoms with E-state index in [9.17, 15) is 26.3 Å². The van der Waals surface area contributed by atoms with Gasteiger partial charge in [0.05, 0.1) is 28.8 Å². The van der Waals surface area contributed by atoms with E-state index in [1.54, 1.807) is 4.90 Å². The maximum absolute atomic E-state index is 13.5. The molecule has 4 rings (SSSR count). The van der Waals surface area contributed by atoms with E-state index in [2.05, 4.69) is 30.8 Å². The molecule has 1 fully saturated rings. The number of ether oxygens (including phenoxy) is 1. The molecule has 198 valence electrons. The van der Waals surface area contributed by atoms with E-state index in [4.69, 9.17) is 4.74 Å². The van der Waals surface area contributed by atoms with Crippen molar-refractivity contribution in [3.05, 3.63) is 81.1 Å². The van der Waals surface area contributed by atoms with Crippen molar-refractivity contribution in [1.29, 1.82) is 0 Å². The minimum Gasteiger partial charge on any atom is -0.378 e. The van der Waals surface area contributed by atoms with Crippen LogP contribution >= 0.6 is 15.9 Å². The first-order valence-corrected chi connectivity index (χ1v) is 12.1. The molecule has 0 radical (unpaired) electrons. The lowest BCUT2D eigenvalue weighted by atomic mass is 10.0. The molecule has 12 heteroatoms. The van der Waals surface area contributed by atoms with Crippen molar-refractivity contribution >= 4 is 27.6 Å². The Bertz CT molecular complexity index is 1200. The molecule has 2 heterocycles. The van der Waals surface area contributed by atoms with Crippen LogP contribution in [0, 0.1) is 6.92 Å². The van der Waals surface area contributed by atoms with Crippen LogP contribution in [0.4, 0.5) is 38.0 Å². The molecule has 5 nitrogen and oxygen atoms in total. The molecular formula is C25H23BrF6N4O. The van der Waals surface area contributed by atoms with Gasteiger partial charge in [-0.2, -0.15) is 26.3 Å². The number of alkyl halides is 6. The van der Waals surface area contributed by atoms with Gasteiger partial charge in [0.15, 0.2) is 0 Å². The fourth-order valence-corrected chi connectivity index (χ4v) is 4.36. The molecular weight excluding hydrogens is 566 g/mol. The van der Waals surface area contributed by atoms with Crippen LogP contribution in [-0.2, 0) is 30.2 Å². The number of aromatic nitrogens is 2. The highest BCUT2D eigenvalue weighted by molar-refractivity contribution is 9.10. The van der Waals surface area contributed by atoms with Crippen LogP contribution in [0.2, 0.25) is 0 Å². The van der Waals surface area contributed by atoms with Gasteiger partial charge in [-0.15, -0.1) is 0 Å². The highest BCUT2D eigenvalue weighted by atomic mass is 79.9. The summed E-state index contributed by atoms with van der Waals surface area (Å²) in [5.41, 5.74) is -0.166. The van der Waals surface area contributed by atoms with Crippen molar-refractivity contribution in [2.24, 2.45) is 0 Å². The molecule has 0 saturated carbocycles. The topological polar surface area (TPSA) is 41.5 Å².